The Hall–Kier alpha value is -0.850. The number of hydrogen-bond donors (Lipinski definition) is 1. The number of aliphatic hydroxyl groups is 1. The van der Waals surface area contributed by atoms with E-state index in [0.717, 1.165) is 6.07 Å². The molecule has 2 rings (SSSR count). The molecule has 0 aliphatic heterocycles. The summed E-state index contributed by atoms with van der Waals surface area (Å²) in [5, 5.41) is 10.3. The number of rotatable bonds is 2. The van der Waals surface area contributed by atoms with Crippen LogP contribution in [0, 0.1) is 0 Å². The molecule has 2 aromatic carbocycles. The summed E-state index contributed by atoms with van der Waals surface area (Å²) in [6.07, 6.45) is -5.87. The highest BCUT2D eigenvalue weighted by Gasteiger charge is 2.35. The van der Waals surface area contributed by atoms with E-state index in [1.807, 2.05) is 0 Å². The smallest absolute Gasteiger partial charge is 0.384 e. The normalized spacial score (nSPS) is 13.3. The zero-order chi connectivity index (χ0) is 14.9. The molecule has 0 radical (unpaired) electrons. The number of alkyl halides is 3. The van der Waals surface area contributed by atoms with Crippen molar-refractivity contribution in [1.29, 1.82) is 0 Å². The van der Waals surface area contributed by atoms with Crippen molar-refractivity contribution >= 4 is 31.9 Å². The Kier molecular flexibility index (Phi) is 4.56. The van der Waals surface area contributed by atoms with Crippen LogP contribution in [0.5, 0.6) is 0 Å². The summed E-state index contributed by atoms with van der Waals surface area (Å²) in [6.45, 7) is 0. The lowest BCUT2D eigenvalue weighted by molar-refractivity contribution is -0.139. The Labute approximate surface area is 130 Å². The average Bonchev–Trinajstić information content (AvgIpc) is 2.40. The van der Waals surface area contributed by atoms with Gasteiger partial charge in [-0.2, -0.15) is 13.2 Å². The third-order valence-electron chi connectivity index (χ3n) is 2.81. The maximum Gasteiger partial charge on any atom is 0.416 e. The minimum atomic E-state index is -4.50. The van der Waals surface area contributed by atoms with Crippen LogP contribution in [0.25, 0.3) is 0 Å². The van der Waals surface area contributed by atoms with E-state index >= 15 is 0 Å². The van der Waals surface area contributed by atoms with Crippen molar-refractivity contribution in [3.05, 3.63) is 68.1 Å². The van der Waals surface area contributed by atoms with Crippen molar-refractivity contribution in [3.63, 3.8) is 0 Å². The minimum absolute atomic E-state index is 0.168. The Morgan fingerprint density at radius 2 is 1.60 bits per heavy atom. The molecule has 1 nitrogen and oxygen atoms in total. The lowest BCUT2D eigenvalue weighted by Crippen LogP contribution is -2.12. The molecule has 0 spiro atoms. The Bertz CT molecular complexity index is 626. The summed E-state index contributed by atoms with van der Waals surface area (Å²) in [5.74, 6) is 0. The summed E-state index contributed by atoms with van der Waals surface area (Å²) in [5.41, 5.74) is -0.630. The van der Waals surface area contributed by atoms with E-state index in [-0.39, 0.29) is 5.56 Å². The van der Waals surface area contributed by atoms with Crippen LogP contribution in [0.4, 0.5) is 13.2 Å². The maximum absolute atomic E-state index is 13.0. The highest BCUT2D eigenvalue weighted by atomic mass is 79.9. The molecule has 0 bridgehead atoms. The molecular formula is C14H9Br2F3O. The maximum atomic E-state index is 13.0. The molecule has 0 aliphatic carbocycles. The largest absolute Gasteiger partial charge is 0.416 e. The molecule has 0 saturated carbocycles. The number of benzene rings is 2. The Morgan fingerprint density at radius 1 is 0.950 bits per heavy atom. The molecule has 20 heavy (non-hydrogen) atoms. The van der Waals surface area contributed by atoms with Crippen LogP contribution in [0.2, 0.25) is 0 Å². The van der Waals surface area contributed by atoms with Crippen LogP contribution in [-0.2, 0) is 6.18 Å². The Morgan fingerprint density at radius 3 is 2.25 bits per heavy atom. The molecule has 6 heteroatoms. The topological polar surface area (TPSA) is 20.2 Å². The van der Waals surface area contributed by atoms with E-state index in [4.69, 9.17) is 0 Å². The molecule has 1 N–H and O–H groups in total. The van der Waals surface area contributed by atoms with E-state index in [9.17, 15) is 18.3 Å². The van der Waals surface area contributed by atoms with Gasteiger partial charge in [0.15, 0.2) is 0 Å². The lowest BCUT2D eigenvalue weighted by atomic mass is 9.96. The second-order valence-corrected chi connectivity index (χ2v) is 5.92. The van der Waals surface area contributed by atoms with Crippen LogP contribution in [-0.4, -0.2) is 5.11 Å². The van der Waals surface area contributed by atoms with Gasteiger partial charge in [-0.25, -0.2) is 0 Å². The summed E-state index contributed by atoms with van der Waals surface area (Å²) in [6, 6.07) is 10.00. The van der Waals surface area contributed by atoms with Gasteiger partial charge in [0.25, 0.3) is 0 Å². The molecule has 0 aliphatic rings. The molecule has 0 saturated heterocycles. The van der Waals surface area contributed by atoms with E-state index in [1.54, 1.807) is 18.2 Å². The van der Waals surface area contributed by atoms with Crippen molar-refractivity contribution in [2.24, 2.45) is 0 Å². The van der Waals surface area contributed by atoms with E-state index < -0.39 is 17.8 Å². The van der Waals surface area contributed by atoms with E-state index in [2.05, 4.69) is 31.9 Å². The van der Waals surface area contributed by atoms with Gasteiger partial charge in [0, 0.05) is 14.5 Å². The van der Waals surface area contributed by atoms with Crippen molar-refractivity contribution in [3.8, 4) is 0 Å². The van der Waals surface area contributed by atoms with Gasteiger partial charge in [-0.05, 0) is 29.8 Å². The highest BCUT2D eigenvalue weighted by molar-refractivity contribution is 9.11. The van der Waals surface area contributed by atoms with Crippen molar-refractivity contribution in [1.82, 2.24) is 0 Å². The summed E-state index contributed by atoms with van der Waals surface area (Å²) in [7, 11) is 0. The molecule has 0 amide bonds. The number of aliphatic hydroxyl groups excluding tert-OH is 1. The van der Waals surface area contributed by atoms with Gasteiger partial charge >= 0.3 is 6.18 Å². The first-order valence-electron chi connectivity index (χ1n) is 5.60. The predicted molar refractivity (Wildman–Crippen MR) is 77.3 cm³/mol. The van der Waals surface area contributed by atoms with Crippen molar-refractivity contribution in [2.45, 2.75) is 12.3 Å². The van der Waals surface area contributed by atoms with E-state index in [1.165, 1.54) is 18.2 Å². The third kappa shape index (κ3) is 3.24. The zero-order valence-corrected chi connectivity index (χ0v) is 13.1. The van der Waals surface area contributed by atoms with Gasteiger partial charge in [0.1, 0.15) is 6.10 Å². The molecular weight excluding hydrogens is 401 g/mol. The highest BCUT2D eigenvalue weighted by Crippen LogP contribution is 2.38. The van der Waals surface area contributed by atoms with Gasteiger partial charge < -0.3 is 5.11 Å². The first-order chi connectivity index (χ1) is 9.30. The zero-order valence-electron chi connectivity index (χ0n) is 9.96. The van der Waals surface area contributed by atoms with Crippen molar-refractivity contribution < 1.29 is 18.3 Å². The van der Waals surface area contributed by atoms with E-state index in [0.29, 0.717) is 14.5 Å². The third-order valence-corrected chi connectivity index (χ3v) is 4.03. The summed E-state index contributed by atoms with van der Waals surface area (Å²) < 4.78 is 40.1. The second-order valence-electron chi connectivity index (χ2n) is 4.15. The average molecular weight is 410 g/mol. The first kappa shape index (κ1) is 15.5. The fourth-order valence-corrected chi connectivity index (χ4v) is 2.73. The lowest BCUT2D eigenvalue weighted by Gasteiger charge is -2.19. The fraction of sp³-hybridized carbons (Fsp3) is 0.143. The molecule has 0 heterocycles. The predicted octanol–water partition coefficient (Wildman–Crippen LogP) is 5.31. The molecule has 1 atom stereocenters. The van der Waals surface area contributed by atoms with Crippen LogP contribution in [0.3, 0.4) is 0 Å². The van der Waals surface area contributed by atoms with Crippen LogP contribution < -0.4 is 0 Å². The second kappa shape index (κ2) is 5.87. The number of hydrogen-bond acceptors (Lipinski definition) is 1. The molecule has 0 aromatic heterocycles. The molecule has 106 valence electrons. The van der Waals surface area contributed by atoms with Gasteiger partial charge in [0.05, 0.1) is 5.56 Å². The molecule has 1 unspecified atom stereocenters. The van der Waals surface area contributed by atoms with Crippen molar-refractivity contribution in [2.75, 3.05) is 0 Å². The number of halogens is 5. The van der Waals surface area contributed by atoms with Gasteiger partial charge in [-0.1, -0.05) is 50.1 Å². The van der Waals surface area contributed by atoms with Crippen LogP contribution in [0.15, 0.2) is 51.4 Å². The van der Waals surface area contributed by atoms with Crippen LogP contribution in [0.1, 0.15) is 22.8 Å². The van der Waals surface area contributed by atoms with Gasteiger partial charge in [-0.3, -0.25) is 0 Å². The van der Waals surface area contributed by atoms with Gasteiger partial charge in [-0.15, -0.1) is 0 Å². The summed E-state index contributed by atoms with van der Waals surface area (Å²) in [4.78, 5) is 0. The molecule has 2 aromatic rings. The minimum Gasteiger partial charge on any atom is -0.384 e. The van der Waals surface area contributed by atoms with Gasteiger partial charge in [0.2, 0.25) is 0 Å². The Balaban J connectivity index is 2.54. The first-order valence-corrected chi connectivity index (χ1v) is 7.18. The monoisotopic (exact) mass is 408 g/mol. The molecule has 0 fully saturated rings. The van der Waals surface area contributed by atoms with Crippen LogP contribution >= 0.6 is 31.9 Å². The standard InChI is InChI=1S/C14H9Br2F3O/c15-8-5-6-12(16)10(7-8)13(20)9-3-1-2-4-11(9)14(17,18)19/h1-7,13,20H. The summed E-state index contributed by atoms with van der Waals surface area (Å²) >= 11 is 6.48. The SMILES string of the molecule is OC(c1cc(Br)ccc1Br)c1ccccc1C(F)(F)F. The quantitative estimate of drug-likeness (QED) is 0.712. The fourth-order valence-electron chi connectivity index (χ4n) is 1.89.